The Balaban J connectivity index is 1.67. The van der Waals surface area contributed by atoms with Crippen molar-refractivity contribution >= 4 is 5.91 Å². The molecule has 0 fully saturated rings. The predicted octanol–water partition coefficient (Wildman–Crippen LogP) is 2.62. The monoisotopic (exact) mass is 405 g/mol. The van der Waals surface area contributed by atoms with Crippen LogP contribution >= 0.6 is 0 Å². The van der Waals surface area contributed by atoms with Crippen molar-refractivity contribution < 1.29 is 19.2 Å². The molecule has 2 atom stereocenters. The summed E-state index contributed by atoms with van der Waals surface area (Å²) in [5, 5.41) is 3.20. The van der Waals surface area contributed by atoms with Gasteiger partial charge in [0.05, 0.1) is 27.3 Å². The van der Waals surface area contributed by atoms with Crippen LogP contribution in [0, 0.1) is 0 Å². The van der Waals surface area contributed by atoms with Crippen LogP contribution in [0.25, 0.3) is 0 Å². The molecule has 0 aromatic heterocycles. The molecule has 1 amide bonds. The number of likely N-dealkylation sites (N-methyl/N-ethyl adjacent to an activating group) is 1. The highest BCUT2D eigenvalue weighted by Crippen LogP contribution is 2.24. The number of methoxy groups -OCH3 is 2. The number of nitrogens with one attached hydrogen (secondary N) is 2. The van der Waals surface area contributed by atoms with E-state index in [-0.39, 0.29) is 11.9 Å². The molecule has 0 heterocycles. The summed E-state index contributed by atoms with van der Waals surface area (Å²) in [6.45, 7) is 1.14. The zero-order valence-corrected chi connectivity index (χ0v) is 17.7. The Morgan fingerprint density at radius 2 is 1.37 bits per heavy atom. The summed E-state index contributed by atoms with van der Waals surface area (Å²) < 4.78 is 10.5. The summed E-state index contributed by atoms with van der Waals surface area (Å²) in [6.07, 6.45) is 0. The van der Waals surface area contributed by atoms with Gasteiger partial charge in [0.25, 0.3) is 5.91 Å². The summed E-state index contributed by atoms with van der Waals surface area (Å²) in [6, 6.07) is 25.6. The fraction of sp³-hybridized carbons (Fsp3) is 0.240. The van der Waals surface area contributed by atoms with Crippen molar-refractivity contribution in [2.24, 2.45) is 0 Å². The van der Waals surface area contributed by atoms with E-state index >= 15 is 0 Å². The molecule has 0 bridgehead atoms. The molecule has 156 valence electrons. The molecule has 0 spiro atoms. The van der Waals surface area contributed by atoms with Gasteiger partial charge in [0.1, 0.15) is 18.0 Å². The van der Waals surface area contributed by atoms with Crippen LogP contribution in [0.3, 0.4) is 0 Å². The lowest BCUT2D eigenvalue weighted by Gasteiger charge is -2.21. The SMILES string of the molecule is COc1ccc(C[NH+](C)CC(=O)N[C@@H](c2ccccc2)c2ccc(OC)cc2)cc1. The normalized spacial score (nSPS) is 12.6. The number of carbonyl (C=O) groups excluding carboxylic acids is 1. The number of amides is 1. The van der Waals surface area contributed by atoms with Crippen molar-refractivity contribution in [1.82, 2.24) is 5.32 Å². The molecule has 3 aromatic rings. The molecule has 2 N–H and O–H groups in total. The highest BCUT2D eigenvalue weighted by atomic mass is 16.5. The van der Waals surface area contributed by atoms with Crippen LogP contribution in [0.5, 0.6) is 11.5 Å². The maximum atomic E-state index is 12.8. The van der Waals surface area contributed by atoms with Crippen molar-refractivity contribution in [3.63, 3.8) is 0 Å². The lowest BCUT2D eigenvalue weighted by atomic mass is 9.98. The van der Waals surface area contributed by atoms with E-state index < -0.39 is 0 Å². The van der Waals surface area contributed by atoms with Gasteiger partial charge in [0, 0.05) is 5.56 Å². The summed E-state index contributed by atoms with van der Waals surface area (Å²) in [7, 11) is 5.32. The van der Waals surface area contributed by atoms with E-state index in [4.69, 9.17) is 9.47 Å². The molecular weight excluding hydrogens is 376 g/mol. The van der Waals surface area contributed by atoms with E-state index in [2.05, 4.69) is 5.32 Å². The van der Waals surface area contributed by atoms with Gasteiger partial charge in [0.15, 0.2) is 6.54 Å². The Hall–Kier alpha value is -3.31. The van der Waals surface area contributed by atoms with Crippen molar-refractivity contribution in [3.8, 4) is 11.5 Å². The number of ether oxygens (including phenoxy) is 2. The fourth-order valence-electron chi connectivity index (χ4n) is 3.44. The quantitative estimate of drug-likeness (QED) is 0.576. The first-order valence-electron chi connectivity index (χ1n) is 10.0. The van der Waals surface area contributed by atoms with E-state index in [0.717, 1.165) is 39.6 Å². The smallest absolute Gasteiger partial charge is 0.275 e. The number of hydrogen-bond donors (Lipinski definition) is 2. The van der Waals surface area contributed by atoms with E-state index in [1.807, 2.05) is 85.9 Å². The molecular formula is C25H29N2O3+. The van der Waals surface area contributed by atoms with Gasteiger partial charge in [0.2, 0.25) is 0 Å². The minimum atomic E-state index is -0.210. The van der Waals surface area contributed by atoms with Crippen LogP contribution in [0.2, 0.25) is 0 Å². The number of rotatable bonds is 9. The van der Waals surface area contributed by atoms with Gasteiger partial charge >= 0.3 is 0 Å². The van der Waals surface area contributed by atoms with Crippen molar-refractivity contribution in [3.05, 3.63) is 95.6 Å². The van der Waals surface area contributed by atoms with Crippen LogP contribution in [-0.4, -0.2) is 33.7 Å². The Morgan fingerprint density at radius 3 is 1.93 bits per heavy atom. The van der Waals surface area contributed by atoms with Crippen LogP contribution in [-0.2, 0) is 11.3 Å². The van der Waals surface area contributed by atoms with Gasteiger partial charge in [-0.1, -0.05) is 42.5 Å². The summed E-state index contributed by atoms with van der Waals surface area (Å²) >= 11 is 0. The van der Waals surface area contributed by atoms with Crippen LogP contribution in [0.15, 0.2) is 78.9 Å². The van der Waals surface area contributed by atoms with Crippen molar-refractivity contribution in [2.45, 2.75) is 12.6 Å². The predicted molar refractivity (Wildman–Crippen MR) is 118 cm³/mol. The maximum Gasteiger partial charge on any atom is 0.275 e. The standard InChI is InChI=1S/C25H28N2O3/c1-27(17-19-9-13-22(29-2)14-10-19)18-24(28)26-25(20-7-5-4-6-8-20)21-11-15-23(30-3)16-12-21/h4-16,25H,17-18H2,1-3H3,(H,26,28)/p+1/t25-/m0/s1. The lowest BCUT2D eigenvalue weighted by molar-refractivity contribution is -0.885. The van der Waals surface area contributed by atoms with Crippen LogP contribution < -0.4 is 19.7 Å². The molecule has 0 aliphatic rings. The second-order valence-corrected chi connectivity index (χ2v) is 7.34. The van der Waals surface area contributed by atoms with Gasteiger partial charge in [-0.15, -0.1) is 0 Å². The highest BCUT2D eigenvalue weighted by Gasteiger charge is 2.19. The Morgan fingerprint density at radius 1 is 0.833 bits per heavy atom. The first-order chi connectivity index (χ1) is 14.6. The molecule has 30 heavy (non-hydrogen) atoms. The molecule has 3 aromatic carbocycles. The third kappa shape index (κ3) is 5.84. The van der Waals surface area contributed by atoms with Crippen molar-refractivity contribution in [2.75, 3.05) is 27.8 Å². The average Bonchev–Trinajstić information content (AvgIpc) is 2.78. The molecule has 0 radical (unpaired) electrons. The molecule has 1 unspecified atom stereocenters. The van der Waals surface area contributed by atoms with Gasteiger partial charge < -0.3 is 19.7 Å². The first-order valence-corrected chi connectivity index (χ1v) is 10.0. The summed E-state index contributed by atoms with van der Waals surface area (Å²) in [5.41, 5.74) is 3.22. The number of quaternary nitrogens is 1. The van der Waals surface area contributed by atoms with E-state index in [1.54, 1.807) is 14.2 Å². The van der Waals surface area contributed by atoms with Crippen LogP contribution in [0.4, 0.5) is 0 Å². The van der Waals surface area contributed by atoms with Crippen molar-refractivity contribution in [1.29, 1.82) is 0 Å². The fourth-order valence-corrected chi connectivity index (χ4v) is 3.44. The number of benzene rings is 3. The van der Waals surface area contributed by atoms with Gasteiger partial charge in [-0.25, -0.2) is 0 Å². The van der Waals surface area contributed by atoms with E-state index in [0.29, 0.717) is 6.54 Å². The molecule has 5 nitrogen and oxygen atoms in total. The Bertz CT molecular complexity index is 925. The van der Waals surface area contributed by atoms with E-state index in [9.17, 15) is 4.79 Å². The largest absolute Gasteiger partial charge is 0.497 e. The van der Waals surface area contributed by atoms with Gasteiger partial charge in [-0.3, -0.25) is 4.79 Å². The third-order valence-electron chi connectivity index (χ3n) is 5.01. The molecule has 3 rings (SSSR count). The van der Waals surface area contributed by atoms with Gasteiger partial charge in [-0.05, 0) is 47.5 Å². The molecule has 5 heteroatoms. The maximum absolute atomic E-state index is 12.8. The number of carbonyl (C=O) groups is 1. The minimum Gasteiger partial charge on any atom is -0.497 e. The molecule has 0 aliphatic heterocycles. The average molecular weight is 406 g/mol. The second kappa shape index (κ2) is 10.5. The zero-order chi connectivity index (χ0) is 21.3. The summed E-state index contributed by atoms with van der Waals surface area (Å²) in [5.74, 6) is 1.63. The van der Waals surface area contributed by atoms with Crippen LogP contribution in [0.1, 0.15) is 22.7 Å². The summed E-state index contributed by atoms with van der Waals surface area (Å²) in [4.78, 5) is 14.0. The Kier molecular flexibility index (Phi) is 7.46. The van der Waals surface area contributed by atoms with E-state index in [1.165, 1.54) is 0 Å². The second-order valence-electron chi connectivity index (χ2n) is 7.34. The highest BCUT2D eigenvalue weighted by molar-refractivity contribution is 5.78. The molecule has 0 aliphatic carbocycles. The van der Waals surface area contributed by atoms with Gasteiger partial charge in [-0.2, -0.15) is 0 Å². The lowest BCUT2D eigenvalue weighted by Crippen LogP contribution is -3.08. The topological polar surface area (TPSA) is 52.0 Å². The first kappa shape index (κ1) is 21.4. The Labute approximate surface area is 178 Å². The zero-order valence-electron chi connectivity index (χ0n) is 17.7. The third-order valence-corrected chi connectivity index (χ3v) is 5.01. The molecule has 0 saturated heterocycles. The number of hydrogen-bond acceptors (Lipinski definition) is 3. The molecule has 0 saturated carbocycles. The minimum absolute atomic E-state index is 0.00526.